The summed E-state index contributed by atoms with van der Waals surface area (Å²) < 4.78 is 15.9. The van der Waals surface area contributed by atoms with E-state index < -0.39 is 0 Å². The monoisotopic (exact) mass is 362 g/mol. The van der Waals surface area contributed by atoms with E-state index in [4.69, 9.17) is 14.2 Å². The number of nitrogens with zero attached hydrogens (tertiary/aromatic N) is 2. The van der Waals surface area contributed by atoms with Gasteiger partial charge in [0.25, 0.3) is 0 Å². The van der Waals surface area contributed by atoms with Gasteiger partial charge in [-0.15, -0.1) is 0 Å². The van der Waals surface area contributed by atoms with E-state index in [0.29, 0.717) is 32.8 Å². The molecule has 2 saturated heterocycles. The van der Waals surface area contributed by atoms with Gasteiger partial charge in [0.1, 0.15) is 13.2 Å². The topological polar surface area (TPSA) is 68.3 Å². The Morgan fingerprint density at radius 1 is 1.23 bits per heavy atom. The number of methoxy groups -OCH3 is 1. The Balaban J connectivity index is 1.55. The Hall–Kier alpha value is -1.96. The first-order valence-electron chi connectivity index (χ1n) is 8.98. The predicted molar refractivity (Wildman–Crippen MR) is 94.7 cm³/mol. The zero-order valence-electron chi connectivity index (χ0n) is 15.1. The minimum Gasteiger partial charge on any atom is -0.382 e. The van der Waals surface area contributed by atoms with Crippen LogP contribution in [0.4, 0.5) is 0 Å². The van der Waals surface area contributed by atoms with E-state index in [1.54, 1.807) is 12.0 Å². The fourth-order valence-corrected chi connectivity index (χ4v) is 3.45. The number of benzene rings is 1. The van der Waals surface area contributed by atoms with Crippen molar-refractivity contribution in [3.05, 3.63) is 35.9 Å². The van der Waals surface area contributed by atoms with Crippen LogP contribution in [-0.2, 0) is 30.2 Å². The number of morpholine rings is 1. The van der Waals surface area contributed by atoms with E-state index in [1.807, 2.05) is 23.1 Å². The van der Waals surface area contributed by atoms with Crippen molar-refractivity contribution in [2.24, 2.45) is 0 Å². The second kappa shape index (κ2) is 9.12. The standard InChI is InChI=1S/C19H26N2O5/c1-24-9-10-25-13-18(22)20-11-16-17(12-20)26-14-19(23)21(16)8-7-15-5-3-2-4-6-15/h2-6,16-17H,7-14H2,1H3/t16-,17-/m0/s1. The van der Waals surface area contributed by atoms with Gasteiger partial charge < -0.3 is 24.0 Å². The van der Waals surface area contributed by atoms with Gasteiger partial charge in [0, 0.05) is 26.7 Å². The molecular weight excluding hydrogens is 336 g/mol. The second-order valence-electron chi connectivity index (χ2n) is 6.58. The van der Waals surface area contributed by atoms with Crippen LogP contribution in [0.3, 0.4) is 0 Å². The maximum absolute atomic E-state index is 12.3. The minimum atomic E-state index is -0.119. The highest BCUT2D eigenvalue weighted by Gasteiger charge is 2.44. The summed E-state index contributed by atoms with van der Waals surface area (Å²) in [6.07, 6.45) is 0.676. The third-order valence-electron chi connectivity index (χ3n) is 4.87. The summed E-state index contributed by atoms with van der Waals surface area (Å²) in [6, 6.07) is 10.0. The quantitative estimate of drug-likeness (QED) is 0.624. The number of rotatable bonds is 8. The maximum Gasteiger partial charge on any atom is 0.248 e. The van der Waals surface area contributed by atoms with E-state index in [1.165, 1.54) is 5.56 Å². The van der Waals surface area contributed by atoms with Crippen LogP contribution in [0, 0.1) is 0 Å². The van der Waals surface area contributed by atoms with Crippen molar-refractivity contribution in [3.63, 3.8) is 0 Å². The SMILES string of the molecule is COCCOCC(=O)N1C[C@@H]2OCC(=O)N(CCc3ccccc3)[C@H]2C1. The van der Waals surface area contributed by atoms with E-state index >= 15 is 0 Å². The summed E-state index contributed by atoms with van der Waals surface area (Å²) in [7, 11) is 1.59. The average molecular weight is 362 g/mol. The van der Waals surface area contributed by atoms with E-state index in [0.717, 1.165) is 6.42 Å². The van der Waals surface area contributed by atoms with Crippen LogP contribution in [0.25, 0.3) is 0 Å². The molecular formula is C19H26N2O5. The number of carbonyl (C=O) groups excluding carboxylic acids is 2. The third-order valence-corrected chi connectivity index (χ3v) is 4.87. The first kappa shape index (κ1) is 18.8. The molecule has 2 aliphatic rings. The Morgan fingerprint density at radius 3 is 2.81 bits per heavy atom. The number of fused-ring (bicyclic) bond motifs is 1. The molecule has 0 aromatic heterocycles. The summed E-state index contributed by atoms with van der Waals surface area (Å²) in [6.45, 7) is 2.61. The predicted octanol–water partition coefficient (Wildman–Crippen LogP) is 0.330. The first-order valence-corrected chi connectivity index (χ1v) is 8.98. The average Bonchev–Trinajstić information content (AvgIpc) is 3.10. The lowest BCUT2D eigenvalue weighted by Gasteiger charge is -2.36. The third kappa shape index (κ3) is 4.60. The minimum absolute atomic E-state index is 0.00664. The van der Waals surface area contributed by atoms with Gasteiger partial charge in [-0.05, 0) is 12.0 Å². The number of ether oxygens (including phenoxy) is 3. The number of carbonyl (C=O) groups is 2. The van der Waals surface area contributed by atoms with Gasteiger partial charge in [-0.2, -0.15) is 0 Å². The Bertz CT molecular complexity index is 609. The fraction of sp³-hybridized carbons (Fsp3) is 0.579. The van der Waals surface area contributed by atoms with Crippen molar-refractivity contribution in [2.75, 3.05) is 53.2 Å². The molecule has 7 heteroatoms. The van der Waals surface area contributed by atoms with E-state index in [9.17, 15) is 9.59 Å². The highest BCUT2D eigenvalue weighted by atomic mass is 16.5. The van der Waals surface area contributed by atoms with Gasteiger partial charge in [0.05, 0.1) is 25.4 Å². The number of hydrogen-bond donors (Lipinski definition) is 0. The van der Waals surface area contributed by atoms with Crippen molar-refractivity contribution in [1.82, 2.24) is 9.80 Å². The molecule has 0 saturated carbocycles. The van der Waals surface area contributed by atoms with Crippen molar-refractivity contribution in [2.45, 2.75) is 18.6 Å². The lowest BCUT2D eigenvalue weighted by molar-refractivity contribution is -0.152. The molecule has 2 aliphatic heterocycles. The van der Waals surface area contributed by atoms with Crippen molar-refractivity contribution in [3.8, 4) is 0 Å². The summed E-state index contributed by atoms with van der Waals surface area (Å²) in [5, 5.41) is 0. The summed E-state index contributed by atoms with van der Waals surface area (Å²) in [5.41, 5.74) is 1.20. The molecule has 142 valence electrons. The highest BCUT2D eigenvalue weighted by Crippen LogP contribution is 2.24. The van der Waals surface area contributed by atoms with Crippen LogP contribution < -0.4 is 0 Å². The van der Waals surface area contributed by atoms with Crippen LogP contribution in [-0.4, -0.2) is 86.9 Å². The largest absolute Gasteiger partial charge is 0.382 e. The highest BCUT2D eigenvalue weighted by molar-refractivity contribution is 5.80. The molecule has 26 heavy (non-hydrogen) atoms. The molecule has 1 aromatic carbocycles. The molecule has 0 radical (unpaired) electrons. The molecule has 3 rings (SSSR count). The molecule has 2 fully saturated rings. The Labute approximate surface area is 153 Å². The smallest absolute Gasteiger partial charge is 0.248 e. The fourth-order valence-electron chi connectivity index (χ4n) is 3.45. The molecule has 0 bridgehead atoms. The molecule has 0 unspecified atom stereocenters. The van der Waals surface area contributed by atoms with Crippen molar-refractivity contribution < 1.29 is 23.8 Å². The molecule has 1 aromatic rings. The van der Waals surface area contributed by atoms with Gasteiger partial charge in [-0.3, -0.25) is 9.59 Å². The van der Waals surface area contributed by atoms with Gasteiger partial charge >= 0.3 is 0 Å². The number of amides is 2. The molecule has 7 nitrogen and oxygen atoms in total. The lowest BCUT2D eigenvalue weighted by Crippen LogP contribution is -2.54. The van der Waals surface area contributed by atoms with Crippen molar-refractivity contribution >= 4 is 11.8 Å². The zero-order chi connectivity index (χ0) is 18.4. The molecule has 2 amide bonds. The second-order valence-corrected chi connectivity index (χ2v) is 6.58. The van der Waals surface area contributed by atoms with Crippen LogP contribution in [0.2, 0.25) is 0 Å². The Morgan fingerprint density at radius 2 is 2.04 bits per heavy atom. The van der Waals surface area contributed by atoms with Crippen LogP contribution in [0.15, 0.2) is 30.3 Å². The number of hydrogen-bond acceptors (Lipinski definition) is 5. The first-order chi connectivity index (χ1) is 12.7. The van der Waals surface area contributed by atoms with Gasteiger partial charge in [0.2, 0.25) is 11.8 Å². The summed E-state index contributed by atoms with van der Waals surface area (Å²) >= 11 is 0. The van der Waals surface area contributed by atoms with Gasteiger partial charge in [0.15, 0.2) is 0 Å². The van der Waals surface area contributed by atoms with Crippen LogP contribution in [0.1, 0.15) is 5.56 Å². The molecule has 2 atom stereocenters. The summed E-state index contributed by atoms with van der Waals surface area (Å²) in [5.74, 6) is -0.0811. The molecule has 0 spiro atoms. The number of likely N-dealkylation sites (tertiary alicyclic amines) is 1. The van der Waals surface area contributed by atoms with E-state index in [2.05, 4.69) is 12.1 Å². The van der Waals surface area contributed by atoms with Crippen LogP contribution >= 0.6 is 0 Å². The Kier molecular flexibility index (Phi) is 6.60. The molecule has 0 N–H and O–H groups in total. The van der Waals surface area contributed by atoms with Crippen LogP contribution in [0.5, 0.6) is 0 Å². The van der Waals surface area contributed by atoms with Gasteiger partial charge in [-0.25, -0.2) is 0 Å². The summed E-state index contributed by atoms with van der Waals surface area (Å²) in [4.78, 5) is 28.3. The van der Waals surface area contributed by atoms with E-state index in [-0.39, 0.29) is 37.2 Å². The molecule has 0 aliphatic carbocycles. The lowest BCUT2D eigenvalue weighted by atomic mass is 10.1. The van der Waals surface area contributed by atoms with Gasteiger partial charge in [-0.1, -0.05) is 30.3 Å². The zero-order valence-corrected chi connectivity index (χ0v) is 15.1. The maximum atomic E-state index is 12.3. The van der Waals surface area contributed by atoms with Crippen molar-refractivity contribution in [1.29, 1.82) is 0 Å². The normalized spacial score (nSPS) is 22.6. The molecule has 2 heterocycles.